The molecule has 0 atom stereocenters. The van der Waals surface area contributed by atoms with Crippen LogP contribution in [0.2, 0.25) is 0 Å². The van der Waals surface area contributed by atoms with Gasteiger partial charge in [-0.3, -0.25) is 9.59 Å². The molecule has 0 radical (unpaired) electrons. The van der Waals surface area contributed by atoms with Gasteiger partial charge in [-0.05, 0) is 57.3 Å². The number of hydrogen-bond donors (Lipinski definition) is 2. The van der Waals surface area contributed by atoms with Gasteiger partial charge < -0.3 is 20.3 Å². The van der Waals surface area contributed by atoms with E-state index in [0.29, 0.717) is 25.4 Å². The summed E-state index contributed by atoms with van der Waals surface area (Å²) in [4.78, 5) is 26.5. The highest BCUT2D eigenvalue weighted by Gasteiger charge is 2.35. The maximum Gasteiger partial charge on any atom is 0.313 e. The highest BCUT2D eigenvalue weighted by Crippen LogP contribution is 2.25. The summed E-state index contributed by atoms with van der Waals surface area (Å²) >= 11 is 0. The van der Waals surface area contributed by atoms with E-state index in [2.05, 4.69) is 20.6 Å². The van der Waals surface area contributed by atoms with Crippen LogP contribution in [0.25, 0.3) is 5.69 Å². The summed E-state index contributed by atoms with van der Waals surface area (Å²) in [5, 5.41) is 9.54. The summed E-state index contributed by atoms with van der Waals surface area (Å²) in [7, 11) is 3.97. The van der Waals surface area contributed by atoms with Crippen LogP contribution in [-0.4, -0.2) is 65.9 Å². The normalized spacial score (nSPS) is 16.1. The van der Waals surface area contributed by atoms with Gasteiger partial charge in [0.05, 0.1) is 5.69 Å². The zero-order valence-electron chi connectivity index (χ0n) is 15.6. The number of carbonyl (C=O) groups excluding carboxylic acids is 2. The zero-order valence-corrected chi connectivity index (χ0v) is 15.6. The zero-order chi connectivity index (χ0) is 19.3. The van der Waals surface area contributed by atoms with E-state index in [4.69, 9.17) is 4.74 Å². The molecule has 1 aromatic carbocycles. The van der Waals surface area contributed by atoms with Gasteiger partial charge in [-0.2, -0.15) is 5.10 Å². The van der Waals surface area contributed by atoms with Crippen molar-refractivity contribution in [1.29, 1.82) is 0 Å². The summed E-state index contributed by atoms with van der Waals surface area (Å²) in [5.41, 5.74) is 1.24. The number of benzene rings is 1. The van der Waals surface area contributed by atoms with Gasteiger partial charge in [0.1, 0.15) is 0 Å². The molecule has 0 aliphatic carbocycles. The van der Waals surface area contributed by atoms with E-state index >= 15 is 0 Å². The fraction of sp³-hybridized carbons (Fsp3) is 0.421. The molecule has 0 spiro atoms. The summed E-state index contributed by atoms with van der Waals surface area (Å²) in [6.07, 6.45) is 5.16. The lowest BCUT2D eigenvalue weighted by atomic mass is 9.88. The average Bonchev–Trinajstić information content (AvgIpc) is 3.22. The Hall–Kier alpha value is -2.71. The second kappa shape index (κ2) is 8.32. The SMILES string of the molecule is CN(C)C1(CNC(=O)C(=O)Nc2ccc(-n3cccn3)cc2)CCOCC1. The molecule has 2 aromatic rings. The lowest BCUT2D eigenvalue weighted by Gasteiger charge is -2.42. The second-order valence-corrected chi connectivity index (χ2v) is 6.87. The molecule has 0 unspecified atom stereocenters. The van der Waals surface area contributed by atoms with Gasteiger partial charge in [-0.25, -0.2) is 4.68 Å². The third-order valence-electron chi connectivity index (χ3n) is 5.05. The van der Waals surface area contributed by atoms with Crippen molar-refractivity contribution in [3.05, 3.63) is 42.7 Å². The Kier molecular flexibility index (Phi) is 5.88. The molecule has 1 fully saturated rings. The van der Waals surface area contributed by atoms with Gasteiger partial charge in [0, 0.05) is 43.4 Å². The van der Waals surface area contributed by atoms with Crippen LogP contribution in [-0.2, 0) is 14.3 Å². The van der Waals surface area contributed by atoms with Crippen molar-refractivity contribution < 1.29 is 14.3 Å². The minimum Gasteiger partial charge on any atom is -0.381 e. The van der Waals surface area contributed by atoms with Crippen molar-refractivity contribution in [3.8, 4) is 5.69 Å². The number of hydrogen-bond acceptors (Lipinski definition) is 5. The molecule has 1 aliphatic rings. The predicted molar refractivity (Wildman–Crippen MR) is 102 cm³/mol. The number of carbonyl (C=O) groups is 2. The van der Waals surface area contributed by atoms with E-state index in [9.17, 15) is 9.59 Å². The Bertz CT molecular complexity index is 765. The number of nitrogens with zero attached hydrogens (tertiary/aromatic N) is 3. The van der Waals surface area contributed by atoms with Gasteiger partial charge in [0.15, 0.2) is 0 Å². The molecule has 0 bridgehead atoms. The first-order chi connectivity index (χ1) is 13.0. The van der Waals surface area contributed by atoms with Gasteiger partial charge in [-0.1, -0.05) is 0 Å². The van der Waals surface area contributed by atoms with E-state index in [1.807, 2.05) is 38.5 Å². The van der Waals surface area contributed by atoms with E-state index < -0.39 is 11.8 Å². The molecule has 1 aliphatic heterocycles. The Morgan fingerprint density at radius 1 is 1.19 bits per heavy atom. The van der Waals surface area contributed by atoms with Gasteiger partial charge in [0.2, 0.25) is 0 Å². The molecule has 2 amide bonds. The first-order valence-electron chi connectivity index (χ1n) is 8.95. The number of nitrogens with one attached hydrogen (secondary N) is 2. The van der Waals surface area contributed by atoms with Gasteiger partial charge in [-0.15, -0.1) is 0 Å². The molecule has 0 saturated carbocycles. The maximum atomic E-state index is 12.2. The molecule has 27 heavy (non-hydrogen) atoms. The third-order valence-corrected chi connectivity index (χ3v) is 5.05. The Morgan fingerprint density at radius 2 is 1.89 bits per heavy atom. The predicted octanol–water partition coefficient (Wildman–Crippen LogP) is 1.04. The van der Waals surface area contributed by atoms with Crippen LogP contribution < -0.4 is 10.6 Å². The average molecular weight is 371 g/mol. The molecular formula is C19H25N5O3. The Morgan fingerprint density at radius 3 is 2.48 bits per heavy atom. The van der Waals surface area contributed by atoms with Crippen molar-refractivity contribution in [2.24, 2.45) is 0 Å². The topological polar surface area (TPSA) is 88.5 Å². The first kappa shape index (κ1) is 19.1. The van der Waals surface area contributed by atoms with Crippen molar-refractivity contribution in [2.75, 3.05) is 39.2 Å². The monoisotopic (exact) mass is 371 g/mol. The van der Waals surface area contributed by atoms with Gasteiger partial charge >= 0.3 is 11.8 Å². The number of anilines is 1. The van der Waals surface area contributed by atoms with Crippen LogP contribution in [0.3, 0.4) is 0 Å². The molecule has 1 aromatic heterocycles. The fourth-order valence-corrected chi connectivity index (χ4v) is 3.17. The molecule has 8 heteroatoms. The standard InChI is InChI=1S/C19H25N5O3/c1-23(2)19(8-12-27-13-9-19)14-20-17(25)18(26)22-15-4-6-16(7-5-15)24-11-3-10-21-24/h3-7,10-11H,8-9,12-14H2,1-2H3,(H,20,25)(H,22,26). The lowest BCUT2D eigenvalue weighted by Crippen LogP contribution is -2.56. The van der Waals surface area contributed by atoms with Crippen LogP contribution in [0.5, 0.6) is 0 Å². The van der Waals surface area contributed by atoms with Crippen molar-refractivity contribution in [1.82, 2.24) is 20.0 Å². The number of amides is 2. The molecule has 3 rings (SSSR count). The first-order valence-corrected chi connectivity index (χ1v) is 8.95. The van der Waals surface area contributed by atoms with Crippen LogP contribution in [0, 0.1) is 0 Å². The van der Waals surface area contributed by atoms with Crippen molar-refractivity contribution >= 4 is 17.5 Å². The molecule has 8 nitrogen and oxygen atoms in total. The molecule has 2 N–H and O–H groups in total. The molecule has 1 saturated heterocycles. The number of aromatic nitrogens is 2. The molecule has 144 valence electrons. The van der Waals surface area contributed by atoms with E-state index in [-0.39, 0.29) is 5.54 Å². The highest BCUT2D eigenvalue weighted by molar-refractivity contribution is 6.39. The quantitative estimate of drug-likeness (QED) is 0.767. The van der Waals surface area contributed by atoms with Gasteiger partial charge in [0.25, 0.3) is 0 Å². The fourth-order valence-electron chi connectivity index (χ4n) is 3.17. The lowest BCUT2D eigenvalue weighted by molar-refractivity contribution is -0.136. The number of rotatable bonds is 5. The minimum atomic E-state index is -0.678. The molecular weight excluding hydrogens is 346 g/mol. The highest BCUT2D eigenvalue weighted by atomic mass is 16.5. The number of ether oxygens (including phenoxy) is 1. The van der Waals surface area contributed by atoms with Crippen LogP contribution in [0.4, 0.5) is 5.69 Å². The summed E-state index contributed by atoms with van der Waals surface area (Å²) in [6, 6.07) is 8.95. The third kappa shape index (κ3) is 4.53. The van der Waals surface area contributed by atoms with Crippen LogP contribution >= 0.6 is 0 Å². The smallest absolute Gasteiger partial charge is 0.313 e. The summed E-state index contributed by atoms with van der Waals surface area (Å²) in [6.45, 7) is 1.72. The minimum absolute atomic E-state index is 0.181. The van der Waals surface area contributed by atoms with E-state index in [0.717, 1.165) is 18.5 Å². The number of likely N-dealkylation sites (N-methyl/N-ethyl adjacent to an activating group) is 1. The van der Waals surface area contributed by atoms with E-state index in [1.54, 1.807) is 23.0 Å². The summed E-state index contributed by atoms with van der Waals surface area (Å²) < 4.78 is 7.13. The summed E-state index contributed by atoms with van der Waals surface area (Å²) in [5.74, 6) is -1.32. The second-order valence-electron chi connectivity index (χ2n) is 6.87. The van der Waals surface area contributed by atoms with Crippen LogP contribution in [0.15, 0.2) is 42.7 Å². The maximum absolute atomic E-state index is 12.2. The Labute approximate surface area is 158 Å². The van der Waals surface area contributed by atoms with Crippen molar-refractivity contribution in [2.45, 2.75) is 18.4 Å². The Balaban J connectivity index is 1.55. The molecule has 2 heterocycles. The van der Waals surface area contributed by atoms with Crippen molar-refractivity contribution in [3.63, 3.8) is 0 Å². The largest absolute Gasteiger partial charge is 0.381 e. The van der Waals surface area contributed by atoms with E-state index in [1.165, 1.54) is 0 Å². The van der Waals surface area contributed by atoms with Crippen LogP contribution in [0.1, 0.15) is 12.8 Å².